The molecule has 0 saturated heterocycles. The monoisotopic (exact) mass is 571 g/mol. The number of rotatable bonds is 8. The number of nitrogens with zero attached hydrogens (tertiary/aromatic N) is 2. The topological polar surface area (TPSA) is 55.6 Å². The minimum absolute atomic E-state index is 0.0220. The van der Waals surface area contributed by atoms with Crippen LogP contribution in [0.2, 0.25) is 10.0 Å². The average molecular weight is 572 g/mol. The van der Waals surface area contributed by atoms with Crippen LogP contribution in [0.4, 0.5) is 4.39 Å². The van der Waals surface area contributed by atoms with Crippen LogP contribution < -0.4 is 10.2 Å². The molecule has 0 atom stereocenters. The first kappa shape index (κ1) is 27.2. The molecule has 8 heteroatoms. The number of halogens is 3. The highest BCUT2D eigenvalue weighted by molar-refractivity contribution is 6.37. The van der Waals surface area contributed by atoms with Gasteiger partial charge in [-0.2, -0.15) is 5.10 Å². The number of benzene rings is 4. The van der Waals surface area contributed by atoms with Crippen molar-refractivity contribution in [1.82, 2.24) is 9.99 Å². The predicted octanol–water partition coefficient (Wildman–Crippen LogP) is 8.24. The van der Waals surface area contributed by atoms with Gasteiger partial charge in [0.25, 0.3) is 5.91 Å². The second kappa shape index (κ2) is 12.2. The predicted molar refractivity (Wildman–Crippen MR) is 158 cm³/mol. The average Bonchev–Trinajstić information content (AvgIpc) is 3.35. The van der Waals surface area contributed by atoms with Gasteiger partial charge in [0, 0.05) is 22.5 Å². The molecule has 5 aromatic rings. The van der Waals surface area contributed by atoms with Gasteiger partial charge in [0.05, 0.1) is 22.0 Å². The maximum Gasteiger partial charge on any atom is 0.271 e. The molecule has 1 heterocycles. The SMILES string of the molecule is Cc1ccc(-c2ccccc2)n1-c1ccc(C(=O)N/N=C/c2cc(Cl)c(OCc3ccccc3F)c(Cl)c2)cc1. The third-order valence-corrected chi connectivity index (χ3v) is 6.82. The Hall–Kier alpha value is -4.39. The van der Waals surface area contributed by atoms with Gasteiger partial charge < -0.3 is 9.30 Å². The van der Waals surface area contributed by atoms with Crippen molar-refractivity contribution in [2.45, 2.75) is 13.5 Å². The molecule has 4 aromatic carbocycles. The number of carbonyl (C=O) groups excluding carboxylic acids is 1. The van der Waals surface area contributed by atoms with Crippen LogP contribution in [-0.4, -0.2) is 16.7 Å². The van der Waals surface area contributed by atoms with Crippen molar-refractivity contribution in [3.8, 4) is 22.7 Å². The van der Waals surface area contributed by atoms with Gasteiger partial charge in [-0.25, -0.2) is 9.82 Å². The zero-order chi connectivity index (χ0) is 28.1. The van der Waals surface area contributed by atoms with E-state index in [1.54, 1.807) is 42.5 Å². The third kappa shape index (κ3) is 6.09. The van der Waals surface area contributed by atoms with E-state index >= 15 is 0 Å². The van der Waals surface area contributed by atoms with Gasteiger partial charge in [-0.05, 0) is 72.6 Å². The van der Waals surface area contributed by atoms with Crippen LogP contribution in [0, 0.1) is 12.7 Å². The van der Waals surface area contributed by atoms with Crippen molar-refractivity contribution in [2.75, 3.05) is 0 Å². The molecule has 0 radical (unpaired) electrons. The van der Waals surface area contributed by atoms with Gasteiger partial charge >= 0.3 is 0 Å². The van der Waals surface area contributed by atoms with Crippen molar-refractivity contribution >= 4 is 35.3 Å². The summed E-state index contributed by atoms with van der Waals surface area (Å²) in [6, 6.07) is 31.1. The first-order chi connectivity index (χ1) is 19.4. The molecule has 0 bridgehead atoms. The Bertz CT molecular complexity index is 1660. The summed E-state index contributed by atoms with van der Waals surface area (Å²) in [5, 5.41) is 4.51. The molecule has 1 N–H and O–H groups in total. The van der Waals surface area contributed by atoms with Crippen molar-refractivity contribution in [3.63, 3.8) is 0 Å². The summed E-state index contributed by atoms with van der Waals surface area (Å²) < 4.78 is 21.7. The molecule has 0 aliphatic rings. The van der Waals surface area contributed by atoms with Crippen molar-refractivity contribution in [2.24, 2.45) is 5.10 Å². The Morgan fingerprint density at radius 3 is 2.30 bits per heavy atom. The maximum absolute atomic E-state index is 13.9. The van der Waals surface area contributed by atoms with E-state index in [4.69, 9.17) is 27.9 Å². The molecule has 5 nitrogen and oxygen atoms in total. The lowest BCUT2D eigenvalue weighted by Gasteiger charge is -2.13. The van der Waals surface area contributed by atoms with E-state index < -0.39 is 0 Å². The summed E-state index contributed by atoms with van der Waals surface area (Å²) in [5.74, 6) is -0.501. The molecule has 40 heavy (non-hydrogen) atoms. The maximum atomic E-state index is 13.9. The molecule has 0 spiro atoms. The Kier molecular flexibility index (Phi) is 8.29. The highest BCUT2D eigenvalue weighted by Crippen LogP contribution is 2.34. The minimum atomic E-state index is -0.374. The van der Waals surface area contributed by atoms with Crippen LogP contribution >= 0.6 is 23.2 Å². The largest absolute Gasteiger partial charge is 0.486 e. The number of carbonyl (C=O) groups is 1. The van der Waals surface area contributed by atoms with E-state index in [1.165, 1.54) is 12.3 Å². The number of ether oxygens (including phenoxy) is 1. The molecular weight excluding hydrogens is 548 g/mol. The number of hydrogen-bond donors (Lipinski definition) is 1. The highest BCUT2D eigenvalue weighted by Gasteiger charge is 2.13. The van der Waals surface area contributed by atoms with Crippen molar-refractivity contribution in [3.05, 3.63) is 141 Å². The summed E-state index contributed by atoms with van der Waals surface area (Å²) in [5.41, 5.74) is 8.13. The molecule has 1 aromatic heterocycles. The normalized spacial score (nSPS) is 11.1. The lowest BCUT2D eigenvalue weighted by Crippen LogP contribution is -2.17. The van der Waals surface area contributed by atoms with Crippen LogP contribution in [0.25, 0.3) is 16.9 Å². The van der Waals surface area contributed by atoms with Gasteiger partial charge in [-0.3, -0.25) is 4.79 Å². The van der Waals surface area contributed by atoms with Crippen LogP contribution in [0.3, 0.4) is 0 Å². The van der Waals surface area contributed by atoms with Crippen LogP contribution in [0.15, 0.2) is 108 Å². The van der Waals surface area contributed by atoms with E-state index in [1.807, 2.05) is 37.3 Å². The second-order valence-corrected chi connectivity index (χ2v) is 9.82. The lowest BCUT2D eigenvalue weighted by atomic mass is 10.1. The molecule has 200 valence electrons. The standard InChI is InChI=1S/C32H24Cl2FN3O2/c1-21-11-16-30(23-7-3-2-4-8-23)38(21)26-14-12-24(13-15-26)32(39)37-36-19-22-17-27(33)31(28(34)18-22)40-20-25-9-5-6-10-29(25)35/h2-19H,20H2,1H3,(H,37,39)/b36-19+. The zero-order valence-electron chi connectivity index (χ0n) is 21.4. The number of aromatic nitrogens is 1. The summed E-state index contributed by atoms with van der Waals surface area (Å²) in [4.78, 5) is 12.7. The molecule has 0 aliphatic heterocycles. The number of hydrogen-bond acceptors (Lipinski definition) is 3. The first-order valence-electron chi connectivity index (χ1n) is 12.4. The fourth-order valence-corrected chi connectivity index (χ4v) is 4.88. The van der Waals surface area contributed by atoms with Crippen molar-refractivity contribution < 1.29 is 13.9 Å². The summed E-state index contributed by atoms with van der Waals surface area (Å²) in [7, 11) is 0. The first-order valence-corrected chi connectivity index (χ1v) is 13.2. The highest BCUT2D eigenvalue weighted by atomic mass is 35.5. The molecule has 0 aliphatic carbocycles. The molecule has 0 fully saturated rings. The number of nitrogens with one attached hydrogen (secondary N) is 1. The van der Waals surface area contributed by atoms with Gasteiger partial charge in [-0.1, -0.05) is 71.7 Å². The summed E-state index contributed by atoms with van der Waals surface area (Å²) in [6.07, 6.45) is 1.43. The van der Waals surface area contributed by atoms with E-state index in [0.717, 1.165) is 22.6 Å². The molecule has 0 unspecified atom stereocenters. The van der Waals surface area contributed by atoms with Crippen molar-refractivity contribution in [1.29, 1.82) is 0 Å². The Balaban J connectivity index is 1.24. The number of hydrazone groups is 1. The van der Waals surface area contributed by atoms with Crippen LogP contribution in [0.1, 0.15) is 27.2 Å². The Labute approximate surface area is 241 Å². The fourth-order valence-electron chi connectivity index (χ4n) is 4.26. The Morgan fingerprint density at radius 1 is 0.925 bits per heavy atom. The van der Waals surface area contributed by atoms with E-state index in [2.05, 4.69) is 39.4 Å². The van der Waals surface area contributed by atoms with Gasteiger partial charge in [0.2, 0.25) is 0 Å². The van der Waals surface area contributed by atoms with Gasteiger partial charge in [0.1, 0.15) is 12.4 Å². The zero-order valence-corrected chi connectivity index (χ0v) is 23.0. The van der Waals surface area contributed by atoms with E-state index in [-0.39, 0.29) is 34.1 Å². The molecule has 1 amide bonds. The molecule has 5 rings (SSSR count). The second-order valence-electron chi connectivity index (χ2n) is 9.00. The Morgan fingerprint density at radius 2 is 1.60 bits per heavy atom. The smallest absolute Gasteiger partial charge is 0.271 e. The van der Waals surface area contributed by atoms with Gasteiger partial charge in [0.15, 0.2) is 5.75 Å². The quantitative estimate of drug-likeness (QED) is 0.150. The third-order valence-electron chi connectivity index (χ3n) is 6.26. The van der Waals surface area contributed by atoms with Crippen LogP contribution in [0.5, 0.6) is 5.75 Å². The van der Waals surface area contributed by atoms with Gasteiger partial charge in [-0.15, -0.1) is 0 Å². The molecular formula is C32H24Cl2FN3O2. The van der Waals surface area contributed by atoms with Crippen LogP contribution in [-0.2, 0) is 6.61 Å². The lowest BCUT2D eigenvalue weighted by molar-refractivity contribution is 0.0955. The number of amides is 1. The van der Waals surface area contributed by atoms with E-state index in [0.29, 0.717) is 16.7 Å². The molecule has 0 saturated carbocycles. The number of aryl methyl sites for hydroxylation is 1. The fraction of sp³-hybridized carbons (Fsp3) is 0.0625. The van der Waals surface area contributed by atoms with E-state index in [9.17, 15) is 9.18 Å². The summed E-state index contributed by atoms with van der Waals surface area (Å²) in [6.45, 7) is 2.02. The summed E-state index contributed by atoms with van der Waals surface area (Å²) >= 11 is 12.7. The minimum Gasteiger partial charge on any atom is -0.486 e.